The van der Waals surface area contributed by atoms with E-state index in [4.69, 9.17) is 10.2 Å². The summed E-state index contributed by atoms with van der Waals surface area (Å²) in [4.78, 5) is 23.7. The maximum absolute atomic E-state index is 11.5. The van der Waals surface area contributed by atoms with Crippen molar-refractivity contribution in [3.05, 3.63) is 0 Å². The van der Waals surface area contributed by atoms with Gasteiger partial charge in [0.1, 0.15) is 0 Å². The molecule has 0 aliphatic carbocycles. The van der Waals surface area contributed by atoms with E-state index in [0.29, 0.717) is 19.5 Å². The van der Waals surface area contributed by atoms with Crippen molar-refractivity contribution in [3.63, 3.8) is 0 Å². The van der Waals surface area contributed by atoms with Gasteiger partial charge in [0, 0.05) is 26.1 Å². The summed E-state index contributed by atoms with van der Waals surface area (Å²) >= 11 is 0. The van der Waals surface area contributed by atoms with Crippen molar-refractivity contribution in [2.24, 2.45) is 5.92 Å². The molecule has 6 heteroatoms. The summed E-state index contributed by atoms with van der Waals surface area (Å²) in [6.07, 6.45) is 1.47. The Hall–Kier alpha value is -1.14. The van der Waals surface area contributed by atoms with Crippen LogP contribution in [0.4, 0.5) is 0 Å². The van der Waals surface area contributed by atoms with Gasteiger partial charge in [-0.2, -0.15) is 0 Å². The molecule has 0 aromatic carbocycles. The zero-order valence-electron chi connectivity index (χ0n) is 9.89. The molecular weight excluding hydrogens is 224 g/mol. The molecule has 17 heavy (non-hydrogen) atoms. The molecule has 1 heterocycles. The predicted octanol–water partition coefficient (Wildman–Crippen LogP) is -0.718. The molecular formula is C11H20N2O4. The predicted molar refractivity (Wildman–Crippen MR) is 61.5 cm³/mol. The van der Waals surface area contributed by atoms with Gasteiger partial charge in [-0.05, 0) is 25.3 Å². The first kappa shape index (κ1) is 13.9. The fourth-order valence-electron chi connectivity index (χ4n) is 1.93. The Kier molecular flexibility index (Phi) is 5.93. The molecule has 1 atom stereocenters. The molecule has 0 radical (unpaired) electrons. The minimum Gasteiger partial charge on any atom is -0.481 e. The van der Waals surface area contributed by atoms with Crippen LogP contribution in [0, 0.1) is 5.92 Å². The molecule has 0 aromatic rings. The Labute approximate surface area is 101 Å². The van der Waals surface area contributed by atoms with Gasteiger partial charge in [-0.1, -0.05) is 0 Å². The monoisotopic (exact) mass is 244 g/mol. The lowest BCUT2D eigenvalue weighted by atomic mass is 10.1. The van der Waals surface area contributed by atoms with E-state index in [9.17, 15) is 9.59 Å². The summed E-state index contributed by atoms with van der Waals surface area (Å²) in [5.41, 5.74) is 0. The molecule has 98 valence electrons. The van der Waals surface area contributed by atoms with Crippen molar-refractivity contribution in [3.8, 4) is 0 Å². The average Bonchev–Trinajstić information content (AvgIpc) is 2.72. The highest BCUT2D eigenvalue weighted by Gasteiger charge is 2.22. The molecule has 0 spiro atoms. The van der Waals surface area contributed by atoms with E-state index in [1.54, 1.807) is 0 Å². The number of carboxylic acids is 1. The quantitative estimate of drug-likeness (QED) is 0.514. The lowest BCUT2D eigenvalue weighted by Crippen LogP contribution is -2.36. The molecule has 0 aromatic heterocycles. The van der Waals surface area contributed by atoms with Crippen molar-refractivity contribution >= 4 is 11.9 Å². The third-order valence-corrected chi connectivity index (χ3v) is 2.88. The highest BCUT2D eigenvalue weighted by Crippen LogP contribution is 2.14. The largest absolute Gasteiger partial charge is 0.481 e. The fourth-order valence-corrected chi connectivity index (χ4v) is 1.93. The summed E-state index contributed by atoms with van der Waals surface area (Å²) in [6.45, 7) is 2.52. The second-order valence-electron chi connectivity index (χ2n) is 4.42. The van der Waals surface area contributed by atoms with Crippen LogP contribution in [0.1, 0.15) is 19.3 Å². The summed E-state index contributed by atoms with van der Waals surface area (Å²) in [5, 5.41) is 20.1. The van der Waals surface area contributed by atoms with Crippen LogP contribution in [0.15, 0.2) is 0 Å². The highest BCUT2D eigenvalue weighted by atomic mass is 16.4. The number of aliphatic hydroxyl groups excluding tert-OH is 1. The number of carbonyl (C=O) groups is 2. The molecule has 1 fully saturated rings. The van der Waals surface area contributed by atoms with E-state index in [1.807, 2.05) is 4.90 Å². The van der Waals surface area contributed by atoms with Gasteiger partial charge in [0.15, 0.2) is 0 Å². The molecule has 1 amide bonds. The van der Waals surface area contributed by atoms with Gasteiger partial charge in [0.05, 0.1) is 6.54 Å². The second kappa shape index (κ2) is 7.24. The van der Waals surface area contributed by atoms with Gasteiger partial charge in [-0.15, -0.1) is 0 Å². The molecule has 1 aliphatic rings. The van der Waals surface area contributed by atoms with Crippen molar-refractivity contribution in [1.82, 2.24) is 10.2 Å². The lowest BCUT2D eigenvalue weighted by molar-refractivity contribution is -0.137. The smallest absolute Gasteiger partial charge is 0.303 e. The number of likely N-dealkylation sites (tertiary alicyclic amines) is 1. The summed E-state index contributed by atoms with van der Waals surface area (Å²) in [7, 11) is 0. The Balaban J connectivity index is 2.07. The topological polar surface area (TPSA) is 89.9 Å². The van der Waals surface area contributed by atoms with Crippen LogP contribution in [0.3, 0.4) is 0 Å². The maximum atomic E-state index is 11.5. The molecule has 0 saturated carbocycles. The number of rotatable bonds is 7. The first-order valence-corrected chi connectivity index (χ1v) is 5.93. The van der Waals surface area contributed by atoms with Gasteiger partial charge in [-0.25, -0.2) is 0 Å². The third kappa shape index (κ3) is 5.65. The highest BCUT2D eigenvalue weighted by molar-refractivity contribution is 5.78. The zero-order valence-corrected chi connectivity index (χ0v) is 9.89. The van der Waals surface area contributed by atoms with Gasteiger partial charge in [0.2, 0.25) is 5.91 Å². The van der Waals surface area contributed by atoms with Gasteiger partial charge in [0.25, 0.3) is 0 Å². The van der Waals surface area contributed by atoms with E-state index in [0.717, 1.165) is 19.5 Å². The van der Waals surface area contributed by atoms with Gasteiger partial charge >= 0.3 is 5.97 Å². The number of aliphatic carboxylic acids is 1. The number of hydrogen-bond acceptors (Lipinski definition) is 4. The SMILES string of the molecule is O=C(O)CCCNC(=O)CN1CCC(CO)C1. The maximum Gasteiger partial charge on any atom is 0.303 e. The normalized spacial score (nSPS) is 20.4. The van der Waals surface area contributed by atoms with Gasteiger partial charge < -0.3 is 15.5 Å². The number of carbonyl (C=O) groups excluding carboxylic acids is 1. The van der Waals surface area contributed by atoms with Crippen LogP contribution in [-0.4, -0.2) is 59.8 Å². The van der Waals surface area contributed by atoms with E-state index in [1.165, 1.54) is 0 Å². The van der Waals surface area contributed by atoms with Crippen LogP contribution in [0.25, 0.3) is 0 Å². The summed E-state index contributed by atoms with van der Waals surface area (Å²) < 4.78 is 0. The zero-order chi connectivity index (χ0) is 12.7. The first-order chi connectivity index (χ1) is 8.11. The number of hydrogen-bond donors (Lipinski definition) is 3. The van der Waals surface area contributed by atoms with Crippen molar-refractivity contribution < 1.29 is 19.8 Å². The van der Waals surface area contributed by atoms with Crippen LogP contribution in [-0.2, 0) is 9.59 Å². The number of nitrogens with one attached hydrogen (secondary N) is 1. The molecule has 1 aliphatic heterocycles. The van der Waals surface area contributed by atoms with E-state index in [-0.39, 0.29) is 24.9 Å². The second-order valence-corrected chi connectivity index (χ2v) is 4.42. The third-order valence-electron chi connectivity index (χ3n) is 2.88. The van der Waals surface area contributed by atoms with Crippen LogP contribution in [0.2, 0.25) is 0 Å². The first-order valence-electron chi connectivity index (χ1n) is 5.93. The van der Waals surface area contributed by atoms with E-state index >= 15 is 0 Å². The van der Waals surface area contributed by atoms with E-state index in [2.05, 4.69) is 5.32 Å². The Morgan fingerprint density at radius 2 is 2.18 bits per heavy atom. The minimum absolute atomic E-state index is 0.0750. The summed E-state index contributed by atoms with van der Waals surface area (Å²) in [6, 6.07) is 0. The number of aliphatic hydroxyl groups is 1. The summed E-state index contributed by atoms with van der Waals surface area (Å²) in [5.74, 6) is -0.631. The molecule has 1 saturated heterocycles. The number of nitrogens with zero attached hydrogens (tertiary/aromatic N) is 1. The Morgan fingerprint density at radius 3 is 2.76 bits per heavy atom. The number of amides is 1. The molecule has 0 bridgehead atoms. The van der Waals surface area contributed by atoms with Crippen LogP contribution < -0.4 is 5.32 Å². The Bertz CT molecular complexity index is 270. The van der Waals surface area contributed by atoms with Crippen LogP contribution >= 0.6 is 0 Å². The molecule has 6 nitrogen and oxygen atoms in total. The van der Waals surface area contributed by atoms with Gasteiger partial charge in [-0.3, -0.25) is 14.5 Å². The Morgan fingerprint density at radius 1 is 1.41 bits per heavy atom. The number of carboxylic acid groups (broad SMARTS) is 1. The molecule has 1 rings (SSSR count). The standard InChI is InChI=1S/C11H20N2O4/c14-8-9-3-5-13(6-9)7-10(15)12-4-1-2-11(16)17/h9,14H,1-8H2,(H,12,15)(H,16,17). The van der Waals surface area contributed by atoms with Crippen molar-refractivity contribution in [2.75, 3.05) is 32.8 Å². The minimum atomic E-state index is -0.843. The molecule has 1 unspecified atom stereocenters. The molecule has 3 N–H and O–H groups in total. The van der Waals surface area contributed by atoms with Crippen LogP contribution in [0.5, 0.6) is 0 Å². The van der Waals surface area contributed by atoms with Crippen molar-refractivity contribution in [2.45, 2.75) is 19.3 Å². The van der Waals surface area contributed by atoms with E-state index < -0.39 is 5.97 Å². The average molecular weight is 244 g/mol. The lowest BCUT2D eigenvalue weighted by Gasteiger charge is -2.14. The van der Waals surface area contributed by atoms with Crippen molar-refractivity contribution in [1.29, 1.82) is 0 Å². The fraction of sp³-hybridized carbons (Fsp3) is 0.818.